The third-order valence-electron chi connectivity index (χ3n) is 4.17. The number of hydrogen-bond acceptors (Lipinski definition) is 1. The normalized spacial score (nSPS) is 38.7. The van der Waals surface area contributed by atoms with E-state index in [1.54, 1.807) is 0 Å². The van der Waals surface area contributed by atoms with Crippen molar-refractivity contribution in [3.63, 3.8) is 0 Å². The Hall–Kier alpha value is -1.26. The number of allylic oxidation sites excluding steroid dienone is 2. The zero-order valence-corrected chi connectivity index (χ0v) is 8.75. The first-order valence-electron chi connectivity index (χ1n) is 5.20. The van der Waals surface area contributed by atoms with Crippen LogP contribution in [0, 0.1) is 28.6 Å². The number of benzene rings is 1. The maximum atomic E-state index is 9.09. The first kappa shape index (κ1) is 7.96. The zero-order chi connectivity index (χ0) is 10.2. The van der Waals surface area contributed by atoms with Gasteiger partial charge in [0.05, 0.1) is 11.5 Å². The maximum absolute atomic E-state index is 9.09. The molecule has 15 heavy (non-hydrogen) atoms. The van der Waals surface area contributed by atoms with E-state index in [1.165, 1.54) is 16.7 Å². The average molecular weight is 214 g/mol. The van der Waals surface area contributed by atoms with Crippen molar-refractivity contribution in [2.75, 3.05) is 0 Å². The Morgan fingerprint density at radius 2 is 2.07 bits per heavy atom. The lowest BCUT2D eigenvalue weighted by Gasteiger charge is -2.00. The summed E-state index contributed by atoms with van der Waals surface area (Å²) < 4.78 is 0. The molecule has 0 aromatic heterocycles. The molecule has 3 atom stereocenters. The monoisotopic (exact) mass is 213 g/mol. The first-order chi connectivity index (χ1) is 7.29. The van der Waals surface area contributed by atoms with E-state index < -0.39 is 0 Å². The summed E-state index contributed by atoms with van der Waals surface area (Å²) in [5, 5.41) is 9.87. The highest BCUT2D eigenvalue weighted by Crippen LogP contribution is 2.91. The van der Waals surface area contributed by atoms with Gasteiger partial charge in [-0.05, 0) is 41.2 Å². The summed E-state index contributed by atoms with van der Waals surface area (Å²) in [6.07, 6.45) is 1.11. The minimum absolute atomic E-state index is 0.00890. The van der Waals surface area contributed by atoms with Crippen molar-refractivity contribution >= 4 is 17.2 Å². The summed E-state index contributed by atoms with van der Waals surface area (Å²) in [7, 11) is 0. The van der Waals surface area contributed by atoms with Gasteiger partial charge in [0.15, 0.2) is 0 Å². The maximum Gasteiger partial charge on any atom is 0.0898 e. The molecule has 4 aliphatic carbocycles. The van der Waals surface area contributed by atoms with E-state index in [2.05, 4.69) is 18.2 Å². The minimum Gasteiger partial charge on any atom is -0.197 e. The Morgan fingerprint density at radius 3 is 2.60 bits per heavy atom. The van der Waals surface area contributed by atoms with E-state index in [1.807, 2.05) is 12.1 Å². The summed E-state index contributed by atoms with van der Waals surface area (Å²) in [4.78, 5) is 0. The fraction of sp³-hybridized carbons (Fsp3) is 0.308. The topological polar surface area (TPSA) is 23.8 Å². The second-order valence-electron chi connectivity index (χ2n) is 4.67. The molecule has 1 aromatic carbocycles. The predicted octanol–water partition coefficient (Wildman–Crippen LogP) is 3.27. The molecule has 2 fully saturated rings. The molecule has 5 rings (SSSR count). The molecular weight excluding hydrogens is 206 g/mol. The molecule has 0 heterocycles. The van der Waals surface area contributed by atoms with Crippen molar-refractivity contribution < 1.29 is 0 Å². The van der Waals surface area contributed by atoms with Crippen molar-refractivity contribution in [3.8, 4) is 6.07 Å². The molecule has 0 N–H and O–H groups in total. The van der Waals surface area contributed by atoms with Crippen LogP contribution in [0.5, 0.6) is 0 Å². The highest BCUT2D eigenvalue weighted by Gasteiger charge is 2.88. The van der Waals surface area contributed by atoms with Gasteiger partial charge in [-0.25, -0.2) is 0 Å². The molecule has 2 bridgehead atoms. The molecule has 72 valence electrons. The largest absolute Gasteiger partial charge is 0.197 e. The molecule has 1 nitrogen and oxygen atoms in total. The van der Waals surface area contributed by atoms with Crippen molar-refractivity contribution in [1.29, 1.82) is 5.26 Å². The van der Waals surface area contributed by atoms with Crippen molar-refractivity contribution in [1.82, 2.24) is 0 Å². The van der Waals surface area contributed by atoms with Gasteiger partial charge in [0.25, 0.3) is 0 Å². The van der Waals surface area contributed by atoms with Crippen molar-refractivity contribution in [3.05, 3.63) is 40.4 Å². The summed E-state index contributed by atoms with van der Waals surface area (Å²) in [5.41, 5.74) is 4.12. The van der Waals surface area contributed by atoms with Gasteiger partial charge in [-0.1, -0.05) is 23.7 Å². The Balaban J connectivity index is 1.81. The van der Waals surface area contributed by atoms with Crippen LogP contribution in [0.3, 0.4) is 0 Å². The fourth-order valence-electron chi connectivity index (χ4n) is 3.32. The molecule has 0 unspecified atom stereocenters. The van der Waals surface area contributed by atoms with E-state index in [4.69, 9.17) is 16.9 Å². The van der Waals surface area contributed by atoms with Crippen LogP contribution in [0.25, 0.3) is 5.57 Å². The van der Waals surface area contributed by atoms with Crippen LogP contribution in [-0.4, -0.2) is 0 Å². The third kappa shape index (κ3) is 0.702. The summed E-state index contributed by atoms with van der Waals surface area (Å²) >= 11 is 5.86. The van der Waals surface area contributed by atoms with Crippen molar-refractivity contribution in [2.45, 2.75) is 6.42 Å². The Morgan fingerprint density at radius 1 is 1.33 bits per heavy atom. The minimum atomic E-state index is 0.00890. The molecule has 0 radical (unpaired) electrons. The number of halogens is 1. The molecule has 4 aliphatic rings. The summed E-state index contributed by atoms with van der Waals surface area (Å²) in [5.74, 6) is 1.29. The van der Waals surface area contributed by atoms with Gasteiger partial charge >= 0.3 is 0 Å². The van der Waals surface area contributed by atoms with Crippen LogP contribution >= 0.6 is 11.6 Å². The number of fused-ring (bicyclic) bond motifs is 1. The SMILES string of the molecule is N#C[C@]12C3=C(c4ccc(Cl)cc4)C[C@@H]1[C@H]32. The molecular formula is C13H8ClN. The molecule has 0 amide bonds. The van der Waals surface area contributed by atoms with Gasteiger partial charge < -0.3 is 0 Å². The lowest BCUT2D eigenvalue weighted by atomic mass is 10.1. The Labute approximate surface area is 93.0 Å². The number of rotatable bonds is 1. The van der Waals surface area contributed by atoms with Crippen LogP contribution in [-0.2, 0) is 0 Å². The van der Waals surface area contributed by atoms with Gasteiger partial charge in [0, 0.05) is 10.9 Å². The van der Waals surface area contributed by atoms with Gasteiger partial charge in [-0.15, -0.1) is 0 Å². The Bertz CT molecular complexity index is 549. The number of nitrogens with zero attached hydrogens (tertiary/aromatic N) is 1. The number of nitriles is 1. The lowest BCUT2D eigenvalue weighted by Crippen LogP contribution is -1.87. The van der Waals surface area contributed by atoms with Gasteiger partial charge in [0.2, 0.25) is 0 Å². The summed E-state index contributed by atoms with van der Waals surface area (Å²) in [6, 6.07) is 10.5. The molecule has 0 spiro atoms. The van der Waals surface area contributed by atoms with Crippen LogP contribution in [0.2, 0.25) is 5.02 Å². The molecule has 2 saturated carbocycles. The fourth-order valence-corrected chi connectivity index (χ4v) is 3.44. The van der Waals surface area contributed by atoms with Crippen LogP contribution in [0.4, 0.5) is 0 Å². The van der Waals surface area contributed by atoms with E-state index in [9.17, 15) is 0 Å². The molecule has 0 aliphatic heterocycles. The number of hydrogen-bond donors (Lipinski definition) is 0. The highest BCUT2D eigenvalue weighted by molar-refractivity contribution is 6.30. The first-order valence-corrected chi connectivity index (χ1v) is 5.57. The van der Waals surface area contributed by atoms with Gasteiger partial charge in [0.1, 0.15) is 0 Å². The quantitative estimate of drug-likeness (QED) is 0.703. The molecule has 0 saturated heterocycles. The van der Waals surface area contributed by atoms with E-state index in [-0.39, 0.29) is 5.41 Å². The third-order valence-corrected chi connectivity index (χ3v) is 4.42. The van der Waals surface area contributed by atoms with Crippen LogP contribution in [0.1, 0.15) is 12.0 Å². The standard InChI is InChI=1S/C13H8ClN/c14-8-3-1-7(2-4-8)9-5-10-12-11(9)13(10,12)6-15/h1-4,10,12H,5H2/t10-,12-,13-/m1/s1. The lowest BCUT2D eigenvalue weighted by molar-refractivity contribution is 0.714. The van der Waals surface area contributed by atoms with Gasteiger partial charge in [-0.3, -0.25) is 0 Å². The smallest absolute Gasteiger partial charge is 0.0898 e. The average Bonchev–Trinajstić information content (AvgIpc) is 2.98. The summed E-state index contributed by atoms with van der Waals surface area (Å²) in [6.45, 7) is 0. The van der Waals surface area contributed by atoms with Gasteiger partial charge in [-0.2, -0.15) is 5.26 Å². The van der Waals surface area contributed by atoms with E-state index >= 15 is 0 Å². The molecule has 1 aromatic rings. The highest BCUT2D eigenvalue weighted by atomic mass is 35.5. The zero-order valence-electron chi connectivity index (χ0n) is 8.00. The van der Waals surface area contributed by atoms with E-state index in [0.29, 0.717) is 11.8 Å². The second kappa shape index (κ2) is 2.13. The van der Waals surface area contributed by atoms with Crippen molar-refractivity contribution in [2.24, 2.45) is 17.3 Å². The van der Waals surface area contributed by atoms with Crippen LogP contribution in [0.15, 0.2) is 29.8 Å². The van der Waals surface area contributed by atoms with Crippen LogP contribution < -0.4 is 0 Å². The molecule has 2 heteroatoms. The van der Waals surface area contributed by atoms with E-state index in [0.717, 1.165) is 11.4 Å². The predicted molar refractivity (Wildman–Crippen MR) is 58.0 cm³/mol. The Kier molecular flexibility index (Phi) is 1.13. The second-order valence-corrected chi connectivity index (χ2v) is 5.10.